The van der Waals surface area contributed by atoms with Crippen molar-refractivity contribution in [1.82, 2.24) is 5.16 Å². The number of carboxylic acids is 1. The fraction of sp³-hybridized carbons (Fsp3) is 0.154. The lowest BCUT2D eigenvalue weighted by Crippen LogP contribution is -2.19. The predicted octanol–water partition coefficient (Wildman–Crippen LogP) is 1.92. The van der Waals surface area contributed by atoms with E-state index in [2.05, 4.69) is 10.5 Å². The summed E-state index contributed by atoms with van der Waals surface area (Å²) in [6.07, 6.45) is 1.12. The van der Waals surface area contributed by atoms with Crippen LogP contribution in [0.5, 0.6) is 0 Å². The van der Waals surface area contributed by atoms with Crippen LogP contribution in [0.1, 0.15) is 22.5 Å². The zero-order valence-corrected chi connectivity index (χ0v) is 9.84. The maximum absolute atomic E-state index is 11.5. The molecule has 6 nitrogen and oxygen atoms in total. The normalized spacial score (nSPS) is 13.8. The highest BCUT2D eigenvalue weighted by molar-refractivity contribution is 5.98. The van der Waals surface area contributed by atoms with Gasteiger partial charge in [0.2, 0.25) is 11.7 Å². The van der Waals surface area contributed by atoms with E-state index < -0.39 is 5.97 Å². The molecule has 2 aromatic rings. The van der Waals surface area contributed by atoms with E-state index in [1.54, 1.807) is 6.07 Å². The number of nitrogens with zero attached hydrogens (tertiary/aromatic N) is 1. The molecule has 1 aromatic carbocycles. The number of nitrogens with one attached hydrogen (secondary N) is 1. The first-order valence-corrected chi connectivity index (χ1v) is 5.77. The second-order valence-corrected chi connectivity index (χ2v) is 4.27. The van der Waals surface area contributed by atoms with E-state index in [9.17, 15) is 9.59 Å². The van der Waals surface area contributed by atoms with Crippen molar-refractivity contribution in [2.75, 3.05) is 5.32 Å². The first kappa shape index (κ1) is 11.5. The Hall–Kier alpha value is -2.63. The molecule has 0 atom stereocenters. The summed E-state index contributed by atoms with van der Waals surface area (Å²) in [6.45, 7) is 0. The van der Waals surface area contributed by atoms with Crippen LogP contribution in [0.3, 0.4) is 0 Å². The minimum absolute atomic E-state index is 0.0538. The van der Waals surface area contributed by atoms with Gasteiger partial charge >= 0.3 is 5.97 Å². The quantitative estimate of drug-likeness (QED) is 0.858. The fourth-order valence-electron chi connectivity index (χ4n) is 2.12. The highest BCUT2D eigenvalue weighted by Crippen LogP contribution is 2.33. The predicted molar refractivity (Wildman–Crippen MR) is 65.8 cm³/mol. The Bertz CT molecular complexity index is 675. The van der Waals surface area contributed by atoms with Gasteiger partial charge in [-0.25, -0.2) is 4.79 Å². The van der Waals surface area contributed by atoms with Gasteiger partial charge in [-0.05, 0) is 12.0 Å². The number of aromatic nitrogens is 1. The molecule has 3 rings (SSSR count). The van der Waals surface area contributed by atoms with Crippen molar-refractivity contribution in [2.24, 2.45) is 0 Å². The lowest BCUT2D eigenvalue weighted by atomic mass is 9.97. The Balaban J connectivity index is 2.09. The van der Waals surface area contributed by atoms with Gasteiger partial charge in [-0.1, -0.05) is 23.4 Å². The summed E-state index contributed by atoms with van der Waals surface area (Å²) in [5.74, 6) is -1.45. The van der Waals surface area contributed by atoms with Crippen LogP contribution in [-0.4, -0.2) is 22.1 Å². The molecule has 1 amide bonds. The van der Waals surface area contributed by atoms with Crippen LogP contribution in [0.25, 0.3) is 11.3 Å². The van der Waals surface area contributed by atoms with Crippen molar-refractivity contribution in [3.8, 4) is 11.3 Å². The maximum Gasteiger partial charge on any atom is 0.374 e. The molecule has 0 radical (unpaired) electrons. The van der Waals surface area contributed by atoms with Gasteiger partial charge in [-0.2, -0.15) is 0 Å². The molecule has 96 valence electrons. The third kappa shape index (κ3) is 1.97. The zero-order valence-electron chi connectivity index (χ0n) is 9.84. The summed E-state index contributed by atoms with van der Waals surface area (Å²) in [7, 11) is 0. The average Bonchev–Trinajstić information content (AvgIpc) is 2.87. The second kappa shape index (κ2) is 4.24. The van der Waals surface area contributed by atoms with Gasteiger partial charge in [0.25, 0.3) is 0 Å². The lowest BCUT2D eigenvalue weighted by Gasteiger charge is -2.18. The van der Waals surface area contributed by atoms with Crippen molar-refractivity contribution in [3.63, 3.8) is 0 Å². The van der Waals surface area contributed by atoms with Gasteiger partial charge in [-0.15, -0.1) is 0 Å². The number of para-hydroxylation sites is 1. The Morgan fingerprint density at radius 2 is 2.21 bits per heavy atom. The number of amides is 1. The van der Waals surface area contributed by atoms with E-state index in [1.165, 1.54) is 6.07 Å². The number of fused-ring (bicyclic) bond motifs is 1. The molecule has 1 aliphatic heterocycles. The summed E-state index contributed by atoms with van der Waals surface area (Å²) >= 11 is 0. The van der Waals surface area contributed by atoms with Crippen molar-refractivity contribution >= 4 is 17.6 Å². The van der Waals surface area contributed by atoms with Crippen LogP contribution < -0.4 is 5.32 Å². The van der Waals surface area contributed by atoms with Crippen molar-refractivity contribution in [1.29, 1.82) is 0 Å². The Kier molecular flexibility index (Phi) is 2.56. The summed E-state index contributed by atoms with van der Waals surface area (Å²) in [5.41, 5.74) is 2.76. The standard InChI is InChI=1S/C13H10N2O4/c16-11-5-4-7-2-1-3-8(12(7)14-11)9-6-10(13(17)18)19-15-9/h1-3,6H,4-5H2,(H,14,16)(H,17,18). The van der Waals surface area contributed by atoms with Gasteiger partial charge in [0.15, 0.2) is 0 Å². The summed E-state index contributed by atoms with van der Waals surface area (Å²) in [4.78, 5) is 22.3. The molecule has 0 saturated heterocycles. The summed E-state index contributed by atoms with van der Waals surface area (Å²) < 4.78 is 4.74. The SMILES string of the molecule is O=C1CCc2cccc(-c3cc(C(=O)O)on3)c2N1. The zero-order chi connectivity index (χ0) is 13.4. The lowest BCUT2D eigenvalue weighted by molar-refractivity contribution is -0.116. The number of hydrogen-bond donors (Lipinski definition) is 2. The molecule has 0 aliphatic carbocycles. The Labute approximate surface area is 108 Å². The number of carbonyl (C=O) groups excluding carboxylic acids is 1. The number of hydrogen-bond acceptors (Lipinski definition) is 4. The largest absolute Gasteiger partial charge is 0.475 e. The third-order valence-electron chi connectivity index (χ3n) is 3.03. The van der Waals surface area contributed by atoms with E-state index in [0.29, 0.717) is 29.8 Å². The molecule has 19 heavy (non-hydrogen) atoms. The van der Waals surface area contributed by atoms with Crippen LogP contribution in [0, 0.1) is 0 Å². The van der Waals surface area contributed by atoms with Crippen molar-refractivity contribution in [3.05, 3.63) is 35.6 Å². The fourth-order valence-corrected chi connectivity index (χ4v) is 2.12. The van der Waals surface area contributed by atoms with Gasteiger partial charge in [0.05, 0.1) is 5.69 Å². The summed E-state index contributed by atoms with van der Waals surface area (Å²) in [6, 6.07) is 6.89. The number of carbonyl (C=O) groups is 2. The number of rotatable bonds is 2. The number of anilines is 1. The number of carboxylic acid groups (broad SMARTS) is 1. The number of aromatic carboxylic acids is 1. The monoisotopic (exact) mass is 258 g/mol. The van der Waals surface area contributed by atoms with E-state index in [0.717, 1.165) is 5.56 Å². The molecule has 2 heterocycles. The molecular weight excluding hydrogens is 248 g/mol. The highest BCUT2D eigenvalue weighted by atomic mass is 16.5. The summed E-state index contributed by atoms with van der Waals surface area (Å²) in [5, 5.41) is 15.4. The first-order valence-electron chi connectivity index (χ1n) is 5.77. The Morgan fingerprint density at radius 1 is 1.37 bits per heavy atom. The van der Waals surface area contributed by atoms with E-state index in [4.69, 9.17) is 9.63 Å². The molecule has 0 bridgehead atoms. The maximum atomic E-state index is 11.5. The molecular formula is C13H10N2O4. The minimum atomic E-state index is -1.17. The topological polar surface area (TPSA) is 92.4 Å². The van der Waals surface area contributed by atoms with Crippen LogP contribution in [0.15, 0.2) is 28.8 Å². The van der Waals surface area contributed by atoms with Crippen LogP contribution in [-0.2, 0) is 11.2 Å². The minimum Gasteiger partial charge on any atom is -0.475 e. The smallest absolute Gasteiger partial charge is 0.374 e. The van der Waals surface area contributed by atoms with Gasteiger partial charge in [0.1, 0.15) is 5.69 Å². The number of aryl methyl sites for hydroxylation is 1. The highest BCUT2D eigenvalue weighted by Gasteiger charge is 2.21. The van der Waals surface area contributed by atoms with Gasteiger partial charge < -0.3 is 14.9 Å². The van der Waals surface area contributed by atoms with E-state index >= 15 is 0 Å². The molecule has 0 spiro atoms. The van der Waals surface area contributed by atoms with Crippen molar-refractivity contribution in [2.45, 2.75) is 12.8 Å². The van der Waals surface area contributed by atoms with Gasteiger partial charge in [0, 0.05) is 18.1 Å². The molecule has 6 heteroatoms. The van der Waals surface area contributed by atoms with E-state index in [-0.39, 0.29) is 11.7 Å². The molecule has 0 unspecified atom stereocenters. The average molecular weight is 258 g/mol. The molecule has 0 saturated carbocycles. The number of benzene rings is 1. The third-order valence-corrected chi connectivity index (χ3v) is 3.03. The van der Waals surface area contributed by atoms with Crippen LogP contribution >= 0.6 is 0 Å². The van der Waals surface area contributed by atoms with Crippen molar-refractivity contribution < 1.29 is 19.2 Å². The molecule has 2 N–H and O–H groups in total. The molecule has 0 fully saturated rings. The molecule has 1 aliphatic rings. The second-order valence-electron chi connectivity index (χ2n) is 4.27. The Morgan fingerprint density at radius 3 is 2.95 bits per heavy atom. The van der Waals surface area contributed by atoms with E-state index in [1.807, 2.05) is 12.1 Å². The van der Waals surface area contributed by atoms with Gasteiger partial charge in [-0.3, -0.25) is 4.79 Å². The van der Waals surface area contributed by atoms with Crippen LogP contribution in [0.4, 0.5) is 5.69 Å². The molecule has 1 aromatic heterocycles. The first-order chi connectivity index (χ1) is 9.15. The van der Waals surface area contributed by atoms with Crippen LogP contribution in [0.2, 0.25) is 0 Å².